The van der Waals surface area contributed by atoms with Gasteiger partial charge in [0.15, 0.2) is 5.78 Å². The van der Waals surface area contributed by atoms with Gasteiger partial charge < -0.3 is 9.47 Å². The van der Waals surface area contributed by atoms with Gasteiger partial charge in [0.05, 0.1) is 19.8 Å². The molecule has 1 aromatic rings. The first-order chi connectivity index (χ1) is 9.24. The summed E-state index contributed by atoms with van der Waals surface area (Å²) < 4.78 is 23.3. The first-order valence-electron chi connectivity index (χ1n) is 6.68. The number of hydrogen-bond donors (Lipinski definition) is 0. The monoisotopic (exact) mass is 268 g/mol. The minimum absolute atomic E-state index is 0.0353. The van der Waals surface area contributed by atoms with E-state index < -0.39 is 0 Å². The highest BCUT2D eigenvalue weighted by molar-refractivity contribution is 5.96. The van der Waals surface area contributed by atoms with Crippen molar-refractivity contribution in [2.75, 3.05) is 26.4 Å². The van der Waals surface area contributed by atoms with Crippen LogP contribution in [-0.4, -0.2) is 32.2 Å². The second kappa shape index (κ2) is 9.64. The van der Waals surface area contributed by atoms with E-state index in [0.29, 0.717) is 31.8 Å². The Kier molecular flexibility index (Phi) is 8.02. The number of Topliss-reactive ketones (excluding diaryl/α,β-unsaturated/α-hetero) is 1. The first kappa shape index (κ1) is 15.8. The van der Waals surface area contributed by atoms with E-state index in [4.69, 9.17) is 9.47 Å². The third-order valence-corrected chi connectivity index (χ3v) is 2.65. The molecule has 1 aromatic carbocycles. The second-order valence-corrected chi connectivity index (χ2v) is 4.26. The number of halogens is 1. The summed E-state index contributed by atoms with van der Waals surface area (Å²) in [6.07, 6.45) is 2.48. The molecule has 0 aliphatic rings. The van der Waals surface area contributed by atoms with Gasteiger partial charge in [-0.2, -0.15) is 0 Å². The molecule has 0 heterocycles. The lowest BCUT2D eigenvalue weighted by Crippen LogP contribution is -2.09. The van der Waals surface area contributed by atoms with Crippen molar-refractivity contribution in [1.29, 1.82) is 0 Å². The number of ketones is 1. The SMILES string of the molecule is CCCCOCCOCCC(=O)c1ccc(F)cc1. The maximum atomic E-state index is 12.7. The van der Waals surface area contributed by atoms with E-state index in [1.807, 2.05) is 0 Å². The Balaban J connectivity index is 2.06. The Labute approximate surface area is 113 Å². The zero-order valence-electron chi connectivity index (χ0n) is 11.4. The minimum atomic E-state index is -0.336. The number of carbonyl (C=O) groups is 1. The van der Waals surface area contributed by atoms with Crippen molar-refractivity contribution in [3.63, 3.8) is 0 Å². The number of rotatable bonds is 10. The van der Waals surface area contributed by atoms with Gasteiger partial charge in [-0.3, -0.25) is 4.79 Å². The number of unbranched alkanes of at least 4 members (excludes halogenated alkanes) is 1. The van der Waals surface area contributed by atoms with Crippen molar-refractivity contribution in [2.24, 2.45) is 0 Å². The fraction of sp³-hybridized carbons (Fsp3) is 0.533. The maximum Gasteiger partial charge on any atom is 0.165 e. The molecule has 0 aliphatic carbocycles. The van der Waals surface area contributed by atoms with E-state index in [1.165, 1.54) is 24.3 Å². The van der Waals surface area contributed by atoms with Gasteiger partial charge in [-0.25, -0.2) is 4.39 Å². The normalized spacial score (nSPS) is 10.6. The van der Waals surface area contributed by atoms with Crippen LogP contribution in [0.5, 0.6) is 0 Å². The van der Waals surface area contributed by atoms with E-state index in [9.17, 15) is 9.18 Å². The Morgan fingerprint density at radius 1 is 1.05 bits per heavy atom. The molecular formula is C15H21FO3. The summed E-state index contributed by atoms with van der Waals surface area (Å²) in [5.74, 6) is -0.371. The standard InChI is InChI=1S/C15H21FO3/c1-2-3-9-18-11-12-19-10-8-15(17)13-4-6-14(16)7-5-13/h4-7H,2-3,8-12H2,1H3. The van der Waals surface area contributed by atoms with Gasteiger partial charge in [0, 0.05) is 18.6 Å². The van der Waals surface area contributed by atoms with Crippen molar-refractivity contribution in [3.8, 4) is 0 Å². The topological polar surface area (TPSA) is 35.5 Å². The fourth-order valence-corrected chi connectivity index (χ4v) is 1.51. The predicted molar refractivity (Wildman–Crippen MR) is 71.9 cm³/mol. The molecule has 0 bridgehead atoms. The average molecular weight is 268 g/mol. The Bertz CT molecular complexity index is 362. The molecule has 0 amide bonds. The van der Waals surface area contributed by atoms with Crippen LogP contribution in [0.25, 0.3) is 0 Å². The Morgan fingerprint density at radius 3 is 2.32 bits per heavy atom. The third kappa shape index (κ3) is 7.03. The zero-order valence-corrected chi connectivity index (χ0v) is 11.4. The smallest absolute Gasteiger partial charge is 0.165 e. The quantitative estimate of drug-likeness (QED) is 0.483. The molecule has 106 valence electrons. The van der Waals surface area contributed by atoms with Crippen LogP contribution in [0.1, 0.15) is 36.5 Å². The highest BCUT2D eigenvalue weighted by atomic mass is 19.1. The van der Waals surface area contributed by atoms with Gasteiger partial charge in [-0.05, 0) is 30.7 Å². The summed E-state index contributed by atoms with van der Waals surface area (Å²) in [5, 5.41) is 0. The van der Waals surface area contributed by atoms with E-state index in [-0.39, 0.29) is 11.6 Å². The van der Waals surface area contributed by atoms with Gasteiger partial charge >= 0.3 is 0 Å². The molecule has 0 spiro atoms. The minimum Gasteiger partial charge on any atom is -0.379 e. The number of ether oxygens (including phenoxy) is 2. The van der Waals surface area contributed by atoms with Crippen LogP contribution < -0.4 is 0 Å². The molecule has 19 heavy (non-hydrogen) atoms. The molecule has 4 heteroatoms. The van der Waals surface area contributed by atoms with Crippen molar-refractivity contribution in [2.45, 2.75) is 26.2 Å². The molecule has 0 saturated heterocycles. The number of carbonyl (C=O) groups excluding carboxylic acids is 1. The summed E-state index contributed by atoms with van der Waals surface area (Å²) in [6, 6.07) is 5.56. The van der Waals surface area contributed by atoms with Crippen molar-refractivity contribution < 1.29 is 18.7 Å². The largest absolute Gasteiger partial charge is 0.379 e. The summed E-state index contributed by atoms with van der Waals surface area (Å²) >= 11 is 0. The van der Waals surface area contributed by atoms with Crippen LogP contribution in [0.15, 0.2) is 24.3 Å². The van der Waals surface area contributed by atoms with Crippen LogP contribution in [0.2, 0.25) is 0 Å². The molecule has 0 saturated carbocycles. The average Bonchev–Trinajstić information content (AvgIpc) is 2.42. The van der Waals surface area contributed by atoms with E-state index in [2.05, 4.69) is 6.92 Å². The molecule has 1 rings (SSSR count). The third-order valence-electron chi connectivity index (χ3n) is 2.65. The number of hydrogen-bond acceptors (Lipinski definition) is 3. The summed E-state index contributed by atoms with van der Waals surface area (Å²) in [5.41, 5.74) is 0.518. The highest BCUT2D eigenvalue weighted by Crippen LogP contribution is 2.05. The van der Waals surface area contributed by atoms with Gasteiger partial charge in [-0.1, -0.05) is 13.3 Å². The van der Waals surface area contributed by atoms with Crippen LogP contribution in [-0.2, 0) is 9.47 Å². The zero-order chi connectivity index (χ0) is 13.9. The Hall–Kier alpha value is -1.26. The lowest BCUT2D eigenvalue weighted by molar-refractivity contribution is 0.0446. The van der Waals surface area contributed by atoms with Gasteiger partial charge in [-0.15, -0.1) is 0 Å². The van der Waals surface area contributed by atoms with Crippen LogP contribution in [0.4, 0.5) is 4.39 Å². The highest BCUT2D eigenvalue weighted by Gasteiger charge is 2.05. The lowest BCUT2D eigenvalue weighted by Gasteiger charge is -2.05. The molecule has 0 aliphatic heterocycles. The fourth-order valence-electron chi connectivity index (χ4n) is 1.51. The van der Waals surface area contributed by atoms with Gasteiger partial charge in [0.2, 0.25) is 0 Å². The van der Waals surface area contributed by atoms with Crippen LogP contribution in [0, 0.1) is 5.82 Å². The van der Waals surface area contributed by atoms with Crippen LogP contribution >= 0.6 is 0 Å². The van der Waals surface area contributed by atoms with Gasteiger partial charge in [0.25, 0.3) is 0 Å². The summed E-state index contributed by atoms with van der Waals surface area (Å²) in [7, 11) is 0. The van der Waals surface area contributed by atoms with E-state index >= 15 is 0 Å². The molecular weight excluding hydrogens is 247 g/mol. The predicted octanol–water partition coefficient (Wildman–Crippen LogP) is 3.23. The van der Waals surface area contributed by atoms with Gasteiger partial charge in [0.1, 0.15) is 5.82 Å². The molecule has 0 N–H and O–H groups in total. The summed E-state index contributed by atoms with van der Waals surface area (Å²) in [4.78, 5) is 11.7. The molecule has 3 nitrogen and oxygen atoms in total. The van der Waals surface area contributed by atoms with Crippen LogP contribution in [0.3, 0.4) is 0 Å². The van der Waals surface area contributed by atoms with Crippen molar-refractivity contribution in [1.82, 2.24) is 0 Å². The number of benzene rings is 1. The summed E-state index contributed by atoms with van der Waals surface area (Å²) in [6.45, 7) is 4.30. The Morgan fingerprint density at radius 2 is 1.68 bits per heavy atom. The molecule has 0 fully saturated rings. The molecule has 0 radical (unpaired) electrons. The maximum absolute atomic E-state index is 12.7. The van der Waals surface area contributed by atoms with Crippen molar-refractivity contribution in [3.05, 3.63) is 35.6 Å². The molecule has 0 atom stereocenters. The lowest BCUT2D eigenvalue weighted by atomic mass is 10.1. The molecule has 0 unspecified atom stereocenters. The van der Waals surface area contributed by atoms with E-state index in [0.717, 1.165) is 19.4 Å². The van der Waals surface area contributed by atoms with Crippen molar-refractivity contribution >= 4 is 5.78 Å². The second-order valence-electron chi connectivity index (χ2n) is 4.26. The molecule has 0 aromatic heterocycles. The first-order valence-corrected chi connectivity index (χ1v) is 6.68. The van der Waals surface area contributed by atoms with E-state index in [1.54, 1.807) is 0 Å².